The molecule has 3 nitrogen and oxygen atoms in total. The van der Waals surface area contributed by atoms with Gasteiger partial charge in [-0.25, -0.2) is 0 Å². The van der Waals surface area contributed by atoms with Gasteiger partial charge in [0, 0.05) is 11.6 Å². The molecule has 15 heavy (non-hydrogen) atoms. The molecule has 0 bridgehead atoms. The van der Waals surface area contributed by atoms with E-state index in [9.17, 15) is 5.11 Å². The second-order valence-electron chi connectivity index (χ2n) is 4.40. The third-order valence-electron chi connectivity index (χ3n) is 3.61. The summed E-state index contributed by atoms with van der Waals surface area (Å²) in [6.45, 7) is 1.21. The Kier molecular flexibility index (Phi) is 2.15. The van der Waals surface area contributed by atoms with Gasteiger partial charge in [-0.15, -0.1) is 0 Å². The minimum atomic E-state index is 0.191. The molecule has 0 aromatic heterocycles. The lowest BCUT2D eigenvalue weighted by atomic mass is 9.85. The number of hydrogen-bond acceptors (Lipinski definition) is 3. The Hall–Kier alpha value is -1.06. The molecule has 3 atom stereocenters. The Balaban J connectivity index is 1.95. The third-order valence-corrected chi connectivity index (χ3v) is 3.61. The van der Waals surface area contributed by atoms with E-state index in [1.54, 1.807) is 0 Å². The predicted molar refractivity (Wildman–Crippen MR) is 60.1 cm³/mol. The molecular formula is C12H16N2O. The molecule has 1 saturated heterocycles. The largest absolute Gasteiger partial charge is 0.395 e. The van der Waals surface area contributed by atoms with Crippen molar-refractivity contribution in [1.82, 2.24) is 5.32 Å². The SMILES string of the molecule is OCC1NCCC2c3ccccc3NC12. The Morgan fingerprint density at radius 2 is 2.20 bits per heavy atom. The van der Waals surface area contributed by atoms with Gasteiger partial charge in [-0.05, 0) is 24.6 Å². The maximum Gasteiger partial charge on any atom is 0.0604 e. The molecule has 3 rings (SSSR count). The number of benzene rings is 1. The monoisotopic (exact) mass is 204 g/mol. The van der Waals surface area contributed by atoms with Crippen LogP contribution in [0.4, 0.5) is 5.69 Å². The number of aliphatic hydroxyl groups is 1. The van der Waals surface area contributed by atoms with Gasteiger partial charge in [-0.2, -0.15) is 0 Å². The summed E-state index contributed by atoms with van der Waals surface area (Å²) >= 11 is 0. The van der Waals surface area contributed by atoms with Crippen molar-refractivity contribution < 1.29 is 5.11 Å². The van der Waals surface area contributed by atoms with Gasteiger partial charge >= 0.3 is 0 Å². The van der Waals surface area contributed by atoms with E-state index in [1.165, 1.54) is 11.3 Å². The van der Waals surface area contributed by atoms with E-state index in [4.69, 9.17) is 0 Å². The molecule has 1 aromatic rings. The van der Waals surface area contributed by atoms with Crippen molar-refractivity contribution in [3.05, 3.63) is 29.8 Å². The number of rotatable bonds is 1. The lowest BCUT2D eigenvalue weighted by molar-refractivity contribution is 0.202. The summed E-state index contributed by atoms with van der Waals surface area (Å²) in [6, 6.07) is 9.04. The van der Waals surface area contributed by atoms with Gasteiger partial charge in [0.15, 0.2) is 0 Å². The summed E-state index contributed by atoms with van der Waals surface area (Å²) in [5.41, 5.74) is 2.66. The molecule has 1 fully saturated rings. The van der Waals surface area contributed by atoms with Crippen molar-refractivity contribution in [3.8, 4) is 0 Å². The highest BCUT2D eigenvalue weighted by Gasteiger charge is 2.38. The van der Waals surface area contributed by atoms with Crippen molar-refractivity contribution in [3.63, 3.8) is 0 Å². The van der Waals surface area contributed by atoms with Crippen molar-refractivity contribution in [2.45, 2.75) is 24.4 Å². The second-order valence-corrected chi connectivity index (χ2v) is 4.40. The van der Waals surface area contributed by atoms with E-state index < -0.39 is 0 Å². The molecular weight excluding hydrogens is 188 g/mol. The Bertz CT molecular complexity index is 366. The van der Waals surface area contributed by atoms with E-state index in [-0.39, 0.29) is 12.6 Å². The average Bonchev–Trinajstić information content (AvgIpc) is 2.67. The Morgan fingerprint density at radius 3 is 3.07 bits per heavy atom. The van der Waals surface area contributed by atoms with Crippen molar-refractivity contribution >= 4 is 5.69 Å². The molecule has 1 aromatic carbocycles. The van der Waals surface area contributed by atoms with Crippen LogP contribution in [-0.2, 0) is 0 Å². The Labute approximate surface area is 89.5 Å². The molecule has 0 saturated carbocycles. The fraction of sp³-hybridized carbons (Fsp3) is 0.500. The summed E-state index contributed by atoms with van der Waals surface area (Å²) < 4.78 is 0. The minimum absolute atomic E-state index is 0.191. The number of para-hydroxylation sites is 1. The van der Waals surface area contributed by atoms with Gasteiger partial charge < -0.3 is 15.7 Å². The minimum Gasteiger partial charge on any atom is -0.395 e. The quantitative estimate of drug-likeness (QED) is 0.637. The highest BCUT2D eigenvalue weighted by Crippen LogP contribution is 2.40. The van der Waals surface area contributed by atoms with Crippen molar-refractivity contribution in [1.29, 1.82) is 0 Å². The zero-order valence-electron chi connectivity index (χ0n) is 8.61. The van der Waals surface area contributed by atoms with Crippen molar-refractivity contribution in [2.24, 2.45) is 0 Å². The fourth-order valence-corrected chi connectivity index (χ4v) is 2.87. The number of anilines is 1. The lowest BCUT2D eigenvalue weighted by Crippen LogP contribution is -2.52. The number of fused-ring (bicyclic) bond motifs is 3. The topological polar surface area (TPSA) is 44.3 Å². The van der Waals surface area contributed by atoms with Crippen LogP contribution in [0.25, 0.3) is 0 Å². The van der Waals surface area contributed by atoms with Crippen LogP contribution in [0.15, 0.2) is 24.3 Å². The van der Waals surface area contributed by atoms with Gasteiger partial charge in [0.2, 0.25) is 0 Å². The molecule has 0 amide bonds. The van der Waals surface area contributed by atoms with Crippen LogP contribution < -0.4 is 10.6 Å². The number of piperidine rings is 1. The van der Waals surface area contributed by atoms with Crippen LogP contribution in [0.3, 0.4) is 0 Å². The van der Waals surface area contributed by atoms with Crippen LogP contribution >= 0.6 is 0 Å². The molecule has 3 unspecified atom stereocenters. The molecule has 0 radical (unpaired) electrons. The van der Waals surface area contributed by atoms with E-state index in [1.807, 2.05) is 0 Å². The molecule has 3 heteroatoms. The van der Waals surface area contributed by atoms with Gasteiger partial charge in [0.05, 0.1) is 18.7 Å². The highest BCUT2D eigenvalue weighted by atomic mass is 16.3. The van der Waals surface area contributed by atoms with E-state index >= 15 is 0 Å². The van der Waals surface area contributed by atoms with Crippen LogP contribution in [-0.4, -0.2) is 30.3 Å². The van der Waals surface area contributed by atoms with Gasteiger partial charge in [0.1, 0.15) is 0 Å². The number of aliphatic hydroxyl groups excluding tert-OH is 1. The van der Waals surface area contributed by atoms with Gasteiger partial charge in [0.25, 0.3) is 0 Å². The molecule has 2 heterocycles. The van der Waals surface area contributed by atoms with Crippen LogP contribution in [0.5, 0.6) is 0 Å². The summed E-state index contributed by atoms with van der Waals surface area (Å²) in [5, 5.41) is 16.2. The second kappa shape index (κ2) is 3.51. The van der Waals surface area contributed by atoms with Crippen LogP contribution in [0.2, 0.25) is 0 Å². The fourth-order valence-electron chi connectivity index (χ4n) is 2.87. The van der Waals surface area contributed by atoms with Crippen molar-refractivity contribution in [2.75, 3.05) is 18.5 Å². The lowest BCUT2D eigenvalue weighted by Gasteiger charge is -2.33. The first-order valence-corrected chi connectivity index (χ1v) is 5.60. The van der Waals surface area contributed by atoms with E-state index in [0.717, 1.165) is 13.0 Å². The maximum absolute atomic E-state index is 9.31. The van der Waals surface area contributed by atoms with Crippen LogP contribution in [0, 0.1) is 0 Å². The first kappa shape index (κ1) is 9.19. The summed E-state index contributed by atoms with van der Waals surface area (Å²) in [4.78, 5) is 0. The maximum atomic E-state index is 9.31. The number of hydrogen-bond donors (Lipinski definition) is 3. The first-order chi connectivity index (χ1) is 7.40. The molecule has 0 aliphatic carbocycles. The predicted octanol–water partition coefficient (Wildman–Crippen LogP) is 0.918. The molecule has 2 aliphatic rings. The Morgan fingerprint density at radius 1 is 1.33 bits per heavy atom. The highest BCUT2D eigenvalue weighted by molar-refractivity contribution is 5.60. The molecule has 3 N–H and O–H groups in total. The molecule has 2 aliphatic heterocycles. The summed E-state index contributed by atoms with van der Waals surface area (Å²) in [5.74, 6) is 0.569. The van der Waals surface area contributed by atoms with Crippen LogP contribution in [0.1, 0.15) is 17.9 Å². The zero-order valence-corrected chi connectivity index (χ0v) is 8.61. The smallest absolute Gasteiger partial charge is 0.0604 e. The number of nitrogens with one attached hydrogen (secondary N) is 2. The van der Waals surface area contributed by atoms with E-state index in [0.29, 0.717) is 12.0 Å². The molecule has 0 spiro atoms. The standard InChI is InChI=1S/C12H16N2O/c15-7-11-12-9(5-6-13-11)8-3-1-2-4-10(8)14-12/h1-4,9,11-15H,5-7H2. The van der Waals surface area contributed by atoms with E-state index in [2.05, 4.69) is 34.9 Å². The first-order valence-electron chi connectivity index (χ1n) is 5.60. The normalized spacial score (nSPS) is 33.0. The third kappa shape index (κ3) is 1.34. The average molecular weight is 204 g/mol. The van der Waals surface area contributed by atoms with Gasteiger partial charge in [-0.3, -0.25) is 0 Å². The summed E-state index contributed by atoms with van der Waals surface area (Å²) in [7, 11) is 0. The molecule has 80 valence electrons. The van der Waals surface area contributed by atoms with Gasteiger partial charge in [-0.1, -0.05) is 18.2 Å². The zero-order chi connectivity index (χ0) is 10.3. The summed E-state index contributed by atoms with van der Waals surface area (Å²) in [6.07, 6.45) is 1.16.